The van der Waals surface area contributed by atoms with Crippen LogP contribution < -0.4 is 9.64 Å². The molecule has 2 bridgehead atoms. The van der Waals surface area contributed by atoms with Crippen molar-refractivity contribution < 1.29 is 14.3 Å². The van der Waals surface area contributed by atoms with E-state index in [9.17, 15) is 9.59 Å². The minimum atomic E-state index is -0.788. The highest BCUT2D eigenvalue weighted by Crippen LogP contribution is 2.71. The summed E-state index contributed by atoms with van der Waals surface area (Å²) < 4.78 is 3.91. The summed E-state index contributed by atoms with van der Waals surface area (Å²) in [6.07, 6.45) is 0. The highest BCUT2D eigenvalue weighted by atomic mass is 79.9. The molecule has 0 N–H and O–H groups in total. The lowest BCUT2D eigenvalue weighted by atomic mass is 9.54. The summed E-state index contributed by atoms with van der Waals surface area (Å²) in [5.41, 5.74) is 4.57. The van der Waals surface area contributed by atoms with E-state index in [1.54, 1.807) is 19.2 Å². The molecule has 1 aliphatic heterocycles. The topological polar surface area (TPSA) is 46.6 Å². The zero-order valence-corrected chi connectivity index (χ0v) is 19.7. The van der Waals surface area contributed by atoms with Crippen molar-refractivity contribution in [2.45, 2.75) is 8.65 Å². The van der Waals surface area contributed by atoms with E-state index in [0.717, 1.165) is 22.3 Å². The molecule has 4 nitrogen and oxygen atoms in total. The molecule has 7 rings (SSSR count). The number of benzene rings is 3. The number of hydrogen-bond donors (Lipinski definition) is 0. The number of nitrogens with zero attached hydrogens (tertiary/aromatic N) is 1. The van der Waals surface area contributed by atoms with Crippen LogP contribution in [0.25, 0.3) is 0 Å². The number of anilines is 1. The van der Waals surface area contributed by atoms with E-state index < -0.39 is 20.5 Å². The van der Waals surface area contributed by atoms with Crippen molar-refractivity contribution in [2.24, 2.45) is 11.8 Å². The largest absolute Gasteiger partial charge is 0.495 e. The number of ether oxygens (including phenoxy) is 1. The van der Waals surface area contributed by atoms with Crippen LogP contribution in [0.5, 0.6) is 5.75 Å². The van der Waals surface area contributed by atoms with Crippen LogP contribution in [0.2, 0.25) is 0 Å². The van der Waals surface area contributed by atoms with Crippen molar-refractivity contribution in [1.82, 2.24) is 0 Å². The molecule has 2 amide bonds. The molecule has 154 valence electrons. The molecular weight excluding hydrogens is 522 g/mol. The first-order chi connectivity index (χ1) is 15.0. The average molecular weight is 539 g/mol. The minimum absolute atomic E-state index is 0.218. The second-order valence-electron chi connectivity index (χ2n) is 8.15. The summed E-state index contributed by atoms with van der Waals surface area (Å²) in [4.78, 5) is 29.3. The Morgan fingerprint density at radius 1 is 0.710 bits per heavy atom. The number of amides is 2. The van der Waals surface area contributed by atoms with E-state index >= 15 is 0 Å². The Kier molecular flexibility index (Phi) is 3.91. The third kappa shape index (κ3) is 2.10. The normalized spacial score (nSPS) is 30.1. The van der Waals surface area contributed by atoms with Gasteiger partial charge in [0.1, 0.15) is 5.75 Å². The third-order valence-corrected chi connectivity index (χ3v) is 9.61. The van der Waals surface area contributed by atoms with E-state index in [1.807, 2.05) is 36.4 Å². The molecule has 1 heterocycles. The smallest absolute Gasteiger partial charge is 0.240 e. The molecule has 0 radical (unpaired) electrons. The molecule has 4 aliphatic rings. The maximum absolute atomic E-state index is 14.0. The van der Waals surface area contributed by atoms with Gasteiger partial charge in [-0.2, -0.15) is 0 Å². The number of alkyl halides is 2. The Bertz CT molecular complexity index is 1170. The summed E-state index contributed by atoms with van der Waals surface area (Å²) >= 11 is 8.03. The van der Waals surface area contributed by atoms with Gasteiger partial charge in [-0.25, -0.2) is 4.90 Å². The Balaban J connectivity index is 1.66. The molecule has 0 unspecified atom stereocenters. The average Bonchev–Trinajstić information content (AvgIpc) is 3.08. The highest BCUT2D eigenvalue weighted by Gasteiger charge is 2.72. The number of rotatable bonds is 2. The van der Waals surface area contributed by atoms with Gasteiger partial charge in [-0.1, -0.05) is 92.5 Å². The lowest BCUT2D eigenvalue weighted by molar-refractivity contribution is -0.122. The second-order valence-corrected chi connectivity index (χ2v) is 10.7. The molecule has 31 heavy (non-hydrogen) atoms. The van der Waals surface area contributed by atoms with Crippen LogP contribution in [0.3, 0.4) is 0 Å². The van der Waals surface area contributed by atoms with Crippen LogP contribution in [0.4, 0.5) is 5.69 Å². The molecule has 6 heteroatoms. The van der Waals surface area contributed by atoms with Gasteiger partial charge in [-0.05, 0) is 34.4 Å². The zero-order chi connectivity index (χ0) is 21.5. The SMILES string of the molecule is COc1ccccc1N1C(=O)[C@@H]2[C@@H](C1=O)C1(Br)c3ccccc3C2(Br)c2ccccc21. The van der Waals surface area contributed by atoms with E-state index in [4.69, 9.17) is 4.74 Å². The van der Waals surface area contributed by atoms with Gasteiger partial charge in [-0.3, -0.25) is 9.59 Å². The van der Waals surface area contributed by atoms with Gasteiger partial charge in [-0.15, -0.1) is 0 Å². The molecule has 2 atom stereocenters. The maximum atomic E-state index is 14.0. The maximum Gasteiger partial charge on any atom is 0.240 e. The molecule has 3 aliphatic carbocycles. The van der Waals surface area contributed by atoms with E-state index in [1.165, 1.54) is 4.90 Å². The van der Waals surface area contributed by atoms with Gasteiger partial charge >= 0.3 is 0 Å². The summed E-state index contributed by atoms with van der Waals surface area (Å²) in [5, 5.41) is 0. The Hall–Kier alpha value is -2.44. The molecule has 3 aromatic rings. The number of imide groups is 1. The Labute approximate surface area is 196 Å². The lowest BCUT2D eigenvalue weighted by Gasteiger charge is -2.55. The second kappa shape index (κ2) is 6.30. The molecular formula is C25H17Br2NO3. The van der Waals surface area contributed by atoms with Crippen molar-refractivity contribution >= 4 is 49.4 Å². The first kappa shape index (κ1) is 19.3. The summed E-state index contributed by atoms with van der Waals surface area (Å²) in [5.74, 6) is -1.12. The number of para-hydroxylation sites is 2. The predicted molar refractivity (Wildman–Crippen MR) is 125 cm³/mol. The molecule has 0 saturated carbocycles. The Morgan fingerprint density at radius 3 is 1.52 bits per heavy atom. The van der Waals surface area contributed by atoms with Crippen LogP contribution >= 0.6 is 31.9 Å². The van der Waals surface area contributed by atoms with E-state index in [2.05, 4.69) is 56.1 Å². The van der Waals surface area contributed by atoms with Crippen LogP contribution in [0.15, 0.2) is 72.8 Å². The van der Waals surface area contributed by atoms with Gasteiger partial charge in [0.2, 0.25) is 11.8 Å². The van der Waals surface area contributed by atoms with E-state index in [0.29, 0.717) is 11.4 Å². The third-order valence-electron chi connectivity index (χ3n) is 6.91. The van der Waals surface area contributed by atoms with Crippen molar-refractivity contribution in [3.05, 3.63) is 95.1 Å². The van der Waals surface area contributed by atoms with Crippen molar-refractivity contribution in [3.8, 4) is 5.75 Å². The van der Waals surface area contributed by atoms with Crippen LogP contribution in [-0.4, -0.2) is 18.9 Å². The monoisotopic (exact) mass is 537 g/mol. The lowest BCUT2D eigenvalue weighted by Crippen LogP contribution is -2.56. The highest BCUT2D eigenvalue weighted by molar-refractivity contribution is 9.10. The number of carbonyl (C=O) groups excluding carboxylic acids is 2. The van der Waals surface area contributed by atoms with Crippen LogP contribution in [0, 0.1) is 11.8 Å². The number of hydrogen-bond acceptors (Lipinski definition) is 3. The Morgan fingerprint density at radius 2 is 1.10 bits per heavy atom. The standard InChI is InChI=1S/C25H17Br2NO3/c1-31-19-13-7-6-12-18(19)28-22(29)20-21(23(28)30)25(27)15-9-3-2-8-14(15)24(20,26)16-10-4-5-11-17(16)25/h2-13,20-21H,1H3/t20-,21-,24?,25?/m0/s1. The fraction of sp³-hybridized carbons (Fsp3) is 0.200. The summed E-state index contributed by atoms with van der Waals surface area (Å²) in [6, 6.07) is 23.3. The van der Waals surface area contributed by atoms with Gasteiger partial charge in [0.15, 0.2) is 0 Å². The van der Waals surface area contributed by atoms with Gasteiger partial charge in [0, 0.05) is 0 Å². The predicted octanol–water partition coefficient (Wildman–Crippen LogP) is 5.11. The molecule has 0 aromatic heterocycles. The first-order valence-corrected chi connectivity index (χ1v) is 11.6. The summed E-state index contributed by atoms with van der Waals surface area (Å²) in [6.45, 7) is 0. The number of halogens is 2. The number of carbonyl (C=O) groups is 2. The summed E-state index contributed by atoms with van der Waals surface area (Å²) in [7, 11) is 1.55. The van der Waals surface area contributed by atoms with E-state index in [-0.39, 0.29) is 11.8 Å². The fourth-order valence-electron chi connectivity index (χ4n) is 5.72. The molecule has 0 spiro atoms. The van der Waals surface area contributed by atoms with Crippen molar-refractivity contribution in [2.75, 3.05) is 12.0 Å². The first-order valence-electron chi connectivity index (χ1n) is 10.0. The molecule has 1 fully saturated rings. The van der Waals surface area contributed by atoms with Crippen molar-refractivity contribution in [1.29, 1.82) is 0 Å². The van der Waals surface area contributed by atoms with Crippen molar-refractivity contribution in [3.63, 3.8) is 0 Å². The van der Waals surface area contributed by atoms with Gasteiger partial charge in [0.05, 0.1) is 33.3 Å². The fourth-order valence-corrected chi connectivity index (χ4v) is 8.02. The zero-order valence-electron chi connectivity index (χ0n) is 16.5. The van der Waals surface area contributed by atoms with Gasteiger partial charge in [0.25, 0.3) is 0 Å². The molecule has 1 saturated heterocycles. The number of methoxy groups -OCH3 is 1. The minimum Gasteiger partial charge on any atom is -0.495 e. The molecule has 3 aromatic carbocycles. The van der Waals surface area contributed by atoms with Gasteiger partial charge < -0.3 is 4.74 Å². The van der Waals surface area contributed by atoms with Crippen LogP contribution in [-0.2, 0) is 18.2 Å². The quantitative estimate of drug-likeness (QED) is 0.336. The van der Waals surface area contributed by atoms with Crippen LogP contribution in [0.1, 0.15) is 22.3 Å².